The number of hydrogen-bond donors (Lipinski definition) is 3. The highest BCUT2D eigenvalue weighted by Crippen LogP contribution is 2.26. The molecular formula is C22H25N7O. The Labute approximate surface area is 174 Å². The largest absolute Gasteiger partial charge is 0.361 e. The van der Waals surface area contributed by atoms with Gasteiger partial charge in [0.25, 0.3) is 0 Å². The maximum Gasteiger partial charge on any atom is 0.317 e. The molecule has 8 heteroatoms. The molecule has 3 N–H and O–H groups in total. The predicted octanol–water partition coefficient (Wildman–Crippen LogP) is 2.82. The summed E-state index contributed by atoms with van der Waals surface area (Å²) in [6.45, 7) is 5.54. The van der Waals surface area contributed by atoms with Crippen molar-refractivity contribution in [2.24, 2.45) is 0 Å². The number of carbonyl (C=O) groups excluding carboxylic acids is 1. The molecule has 1 aliphatic rings. The summed E-state index contributed by atoms with van der Waals surface area (Å²) < 4.78 is 0. The molecule has 3 aromatic heterocycles. The number of fused-ring (bicyclic) bond motifs is 2. The number of anilines is 1. The monoisotopic (exact) mass is 403 g/mol. The lowest BCUT2D eigenvalue weighted by Crippen LogP contribution is -2.52. The first-order valence-corrected chi connectivity index (χ1v) is 10.3. The molecule has 0 spiro atoms. The smallest absolute Gasteiger partial charge is 0.317 e. The zero-order valence-corrected chi connectivity index (χ0v) is 17.0. The van der Waals surface area contributed by atoms with Crippen molar-refractivity contribution in [3.63, 3.8) is 0 Å². The summed E-state index contributed by atoms with van der Waals surface area (Å²) in [4.78, 5) is 32.0. The van der Waals surface area contributed by atoms with Gasteiger partial charge in [-0.2, -0.15) is 0 Å². The Morgan fingerprint density at radius 2 is 1.93 bits per heavy atom. The van der Waals surface area contributed by atoms with Crippen LogP contribution in [0, 0.1) is 6.92 Å². The summed E-state index contributed by atoms with van der Waals surface area (Å²) in [7, 11) is 0. The molecule has 4 aromatic rings. The third-order valence-electron chi connectivity index (χ3n) is 5.86. The third kappa shape index (κ3) is 3.34. The summed E-state index contributed by atoms with van der Waals surface area (Å²) in [5.41, 5.74) is 4.35. The van der Waals surface area contributed by atoms with Crippen LogP contribution in [-0.4, -0.2) is 63.6 Å². The van der Waals surface area contributed by atoms with Crippen LogP contribution in [-0.2, 0) is 6.42 Å². The zero-order valence-electron chi connectivity index (χ0n) is 17.0. The van der Waals surface area contributed by atoms with Crippen LogP contribution in [0.25, 0.3) is 21.9 Å². The van der Waals surface area contributed by atoms with E-state index in [0.717, 1.165) is 47.4 Å². The van der Waals surface area contributed by atoms with Crippen molar-refractivity contribution in [1.82, 2.24) is 30.2 Å². The van der Waals surface area contributed by atoms with E-state index in [4.69, 9.17) is 0 Å². The number of nitrogens with zero attached hydrogens (tertiary/aromatic N) is 4. The highest BCUT2D eigenvalue weighted by Gasteiger charge is 2.23. The summed E-state index contributed by atoms with van der Waals surface area (Å²) >= 11 is 0. The molecule has 0 bridgehead atoms. The van der Waals surface area contributed by atoms with Crippen molar-refractivity contribution in [2.75, 3.05) is 37.6 Å². The van der Waals surface area contributed by atoms with Crippen molar-refractivity contribution in [2.45, 2.75) is 13.3 Å². The van der Waals surface area contributed by atoms with Gasteiger partial charge in [0.1, 0.15) is 17.8 Å². The summed E-state index contributed by atoms with van der Waals surface area (Å²) in [5.74, 6) is 0.943. The first-order valence-electron chi connectivity index (χ1n) is 10.3. The molecule has 1 saturated heterocycles. The third-order valence-corrected chi connectivity index (χ3v) is 5.86. The highest BCUT2D eigenvalue weighted by molar-refractivity contribution is 5.90. The predicted molar refractivity (Wildman–Crippen MR) is 118 cm³/mol. The molecular weight excluding hydrogens is 378 g/mol. The standard InChI is InChI=1S/C22H25N7O/c1-15-12-25-20-19(15)21(27-14-26-20)28-8-10-29(11-9-28)22(30)23-7-6-16-13-24-18-5-3-2-4-17(16)18/h2-5,12-14,24H,6-11H2,1H3,(H,23,30)(H,25,26,27). The van der Waals surface area contributed by atoms with Crippen molar-refractivity contribution < 1.29 is 4.79 Å². The fourth-order valence-electron chi connectivity index (χ4n) is 4.21. The van der Waals surface area contributed by atoms with Gasteiger partial charge in [-0.1, -0.05) is 18.2 Å². The van der Waals surface area contributed by atoms with E-state index in [1.165, 1.54) is 10.9 Å². The number of urea groups is 1. The van der Waals surface area contributed by atoms with Crippen LogP contribution in [0.15, 0.2) is 43.0 Å². The fraction of sp³-hybridized carbons (Fsp3) is 0.318. The number of benzene rings is 1. The number of nitrogens with one attached hydrogen (secondary N) is 3. The lowest BCUT2D eigenvalue weighted by Gasteiger charge is -2.35. The molecule has 8 nitrogen and oxygen atoms in total. The Morgan fingerprint density at radius 1 is 1.10 bits per heavy atom. The Kier molecular flexibility index (Phi) is 4.74. The Hall–Kier alpha value is -3.55. The first kappa shape index (κ1) is 18.5. The molecule has 0 atom stereocenters. The normalized spacial score (nSPS) is 14.6. The second-order valence-corrected chi connectivity index (χ2v) is 7.71. The van der Waals surface area contributed by atoms with Crippen LogP contribution in [0.3, 0.4) is 0 Å². The maximum atomic E-state index is 12.6. The van der Waals surface area contributed by atoms with Gasteiger partial charge in [0.2, 0.25) is 0 Å². The Balaban J connectivity index is 1.16. The number of hydrogen-bond acceptors (Lipinski definition) is 4. The van der Waals surface area contributed by atoms with Gasteiger partial charge in [0.15, 0.2) is 0 Å². The van der Waals surface area contributed by atoms with Gasteiger partial charge in [0.05, 0.1) is 5.39 Å². The second kappa shape index (κ2) is 7.70. The number of aromatic nitrogens is 4. The van der Waals surface area contributed by atoms with Crippen molar-refractivity contribution in [3.8, 4) is 0 Å². The Morgan fingerprint density at radius 3 is 2.80 bits per heavy atom. The molecule has 0 unspecified atom stereocenters. The van der Waals surface area contributed by atoms with Gasteiger partial charge in [-0.25, -0.2) is 14.8 Å². The Bertz CT molecular complexity index is 1190. The first-order chi connectivity index (χ1) is 14.7. The van der Waals surface area contributed by atoms with Crippen LogP contribution in [0.5, 0.6) is 0 Å². The molecule has 0 radical (unpaired) electrons. The van der Waals surface area contributed by atoms with Gasteiger partial charge in [-0.05, 0) is 30.5 Å². The van der Waals surface area contributed by atoms with E-state index >= 15 is 0 Å². The summed E-state index contributed by atoms with van der Waals surface area (Å²) in [5, 5.41) is 5.35. The molecule has 1 fully saturated rings. The number of aromatic amines is 2. The van der Waals surface area contributed by atoms with Gasteiger partial charge in [0, 0.05) is 56.0 Å². The van der Waals surface area contributed by atoms with Crippen molar-refractivity contribution in [3.05, 3.63) is 54.1 Å². The fourth-order valence-corrected chi connectivity index (χ4v) is 4.21. The zero-order chi connectivity index (χ0) is 20.5. The van der Waals surface area contributed by atoms with Crippen LogP contribution in [0.1, 0.15) is 11.1 Å². The number of amides is 2. The van der Waals surface area contributed by atoms with Crippen LogP contribution in [0.2, 0.25) is 0 Å². The van der Waals surface area contributed by atoms with Crippen LogP contribution < -0.4 is 10.2 Å². The average Bonchev–Trinajstić information content (AvgIpc) is 3.38. The molecule has 0 saturated carbocycles. The molecule has 5 rings (SSSR count). The number of H-pyrrole nitrogens is 2. The van der Waals surface area contributed by atoms with Gasteiger partial charge in [-0.15, -0.1) is 0 Å². The van der Waals surface area contributed by atoms with E-state index in [2.05, 4.69) is 49.2 Å². The van der Waals surface area contributed by atoms with E-state index in [9.17, 15) is 4.79 Å². The maximum absolute atomic E-state index is 12.6. The number of para-hydroxylation sites is 1. The average molecular weight is 403 g/mol. The molecule has 1 aromatic carbocycles. The number of piperazine rings is 1. The quantitative estimate of drug-likeness (QED) is 0.489. The van der Waals surface area contributed by atoms with E-state index < -0.39 is 0 Å². The lowest BCUT2D eigenvalue weighted by atomic mass is 10.1. The van der Waals surface area contributed by atoms with Gasteiger partial charge >= 0.3 is 6.03 Å². The van der Waals surface area contributed by atoms with Crippen LogP contribution >= 0.6 is 0 Å². The summed E-state index contributed by atoms with van der Waals surface area (Å²) in [6.07, 6.45) is 6.39. The number of aryl methyl sites for hydroxylation is 1. The lowest BCUT2D eigenvalue weighted by molar-refractivity contribution is 0.194. The van der Waals surface area contributed by atoms with E-state index in [0.29, 0.717) is 19.6 Å². The SMILES string of the molecule is Cc1c[nH]c2ncnc(N3CCN(C(=O)NCCc4c[nH]c5ccccc45)CC3)c12. The molecule has 1 aliphatic heterocycles. The van der Waals surface area contributed by atoms with Gasteiger partial charge < -0.3 is 25.1 Å². The van der Waals surface area contributed by atoms with Crippen molar-refractivity contribution in [1.29, 1.82) is 0 Å². The summed E-state index contributed by atoms with van der Waals surface area (Å²) in [6, 6.07) is 8.24. The minimum atomic E-state index is 0.000140. The molecule has 30 heavy (non-hydrogen) atoms. The molecule has 0 aliphatic carbocycles. The second-order valence-electron chi connectivity index (χ2n) is 7.71. The molecule has 154 valence electrons. The molecule has 4 heterocycles. The highest BCUT2D eigenvalue weighted by atomic mass is 16.2. The van der Waals surface area contributed by atoms with E-state index in [1.807, 2.05) is 29.4 Å². The minimum Gasteiger partial charge on any atom is -0.361 e. The topological polar surface area (TPSA) is 92.9 Å². The number of rotatable bonds is 4. The minimum absolute atomic E-state index is 0.000140. The van der Waals surface area contributed by atoms with E-state index in [-0.39, 0.29) is 6.03 Å². The number of carbonyl (C=O) groups is 1. The van der Waals surface area contributed by atoms with E-state index in [1.54, 1.807) is 6.33 Å². The van der Waals surface area contributed by atoms with Crippen LogP contribution in [0.4, 0.5) is 10.6 Å². The van der Waals surface area contributed by atoms with Gasteiger partial charge in [-0.3, -0.25) is 0 Å². The molecule has 2 amide bonds. The van der Waals surface area contributed by atoms with Crippen molar-refractivity contribution >= 4 is 33.8 Å².